The number of para-hydroxylation sites is 1. The van der Waals surface area contributed by atoms with Crippen LogP contribution >= 0.6 is 35.0 Å². The number of rotatable bonds is 7. The number of sulfonamides is 1. The Hall–Kier alpha value is -1.29. The van der Waals surface area contributed by atoms with Crippen LogP contribution in [0.2, 0.25) is 10.0 Å². The molecule has 1 heterocycles. The molecule has 6 nitrogen and oxygen atoms in total. The van der Waals surface area contributed by atoms with E-state index in [0.717, 1.165) is 5.56 Å². The van der Waals surface area contributed by atoms with Gasteiger partial charge in [-0.25, -0.2) is 8.42 Å². The van der Waals surface area contributed by atoms with Gasteiger partial charge < -0.3 is 10.1 Å². The van der Waals surface area contributed by atoms with E-state index in [2.05, 4.69) is 5.32 Å². The summed E-state index contributed by atoms with van der Waals surface area (Å²) in [7, 11) is -3.55. The van der Waals surface area contributed by atoms with Crippen molar-refractivity contribution in [3.05, 3.63) is 58.1 Å². The molecule has 0 aromatic heterocycles. The standard InChI is InChI=1S/C20H22Cl2N2O4S2/c1-14(20(25)23-19-17(21)6-3-7-18(19)22)29-13-15-4-2-5-16(12-15)30(26,27)24-8-10-28-11-9-24/h2-7,12,14H,8-11,13H2,1H3,(H,23,25). The molecule has 0 spiro atoms. The van der Waals surface area contributed by atoms with Crippen molar-refractivity contribution in [3.63, 3.8) is 0 Å². The van der Waals surface area contributed by atoms with Crippen molar-refractivity contribution < 1.29 is 17.9 Å². The molecule has 2 aromatic rings. The van der Waals surface area contributed by atoms with E-state index < -0.39 is 15.3 Å². The van der Waals surface area contributed by atoms with Crippen molar-refractivity contribution in [2.24, 2.45) is 0 Å². The predicted molar refractivity (Wildman–Crippen MR) is 122 cm³/mol. The maximum Gasteiger partial charge on any atom is 0.243 e. The van der Waals surface area contributed by atoms with Gasteiger partial charge in [-0.3, -0.25) is 4.79 Å². The van der Waals surface area contributed by atoms with Crippen molar-refractivity contribution in [2.75, 3.05) is 31.6 Å². The Balaban J connectivity index is 1.63. The Labute approximate surface area is 190 Å². The quantitative estimate of drug-likeness (QED) is 0.629. The number of carbonyl (C=O) groups is 1. The molecule has 30 heavy (non-hydrogen) atoms. The number of hydrogen-bond acceptors (Lipinski definition) is 5. The van der Waals surface area contributed by atoms with E-state index in [9.17, 15) is 13.2 Å². The van der Waals surface area contributed by atoms with Crippen LogP contribution in [0.5, 0.6) is 0 Å². The first-order valence-corrected chi connectivity index (χ1v) is 12.6. The molecule has 0 saturated carbocycles. The molecule has 1 aliphatic rings. The number of anilines is 1. The van der Waals surface area contributed by atoms with Crippen LogP contribution in [-0.2, 0) is 25.3 Å². The number of halogens is 2. The lowest BCUT2D eigenvalue weighted by Gasteiger charge is -2.26. The van der Waals surface area contributed by atoms with E-state index in [-0.39, 0.29) is 10.8 Å². The summed E-state index contributed by atoms with van der Waals surface area (Å²) < 4.78 is 32.3. The fraction of sp³-hybridized carbons (Fsp3) is 0.350. The zero-order valence-electron chi connectivity index (χ0n) is 16.3. The normalized spacial score (nSPS) is 16.2. The number of ether oxygens (including phenoxy) is 1. The first kappa shape index (κ1) is 23.4. The number of nitrogens with one attached hydrogen (secondary N) is 1. The summed E-state index contributed by atoms with van der Waals surface area (Å²) in [4.78, 5) is 12.8. The number of benzene rings is 2. The molecule has 10 heteroatoms. The monoisotopic (exact) mass is 488 g/mol. The van der Waals surface area contributed by atoms with E-state index in [0.29, 0.717) is 47.8 Å². The zero-order chi connectivity index (χ0) is 21.7. The molecule has 2 aromatic carbocycles. The molecule has 1 atom stereocenters. The molecule has 1 fully saturated rings. The number of hydrogen-bond donors (Lipinski definition) is 1. The van der Waals surface area contributed by atoms with E-state index >= 15 is 0 Å². The fourth-order valence-corrected chi connectivity index (χ4v) is 5.67. The fourth-order valence-electron chi connectivity index (χ4n) is 2.87. The largest absolute Gasteiger partial charge is 0.379 e. The third-order valence-corrected chi connectivity index (χ3v) is 8.33. The third kappa shape index (κ3) is 5.69. The van der Waals surface area contributed by atoms with Crippen LogP contribution in [0.1, 0.15) is 12.5 Å². The summed E-state index contributed by atoms with van der Waals surface area (Å²) in [6.07, 6.45) is 0. The first-order chi connectivity index (χ1) is 14.3. The van der Waals surface area contributed by atoms with Gasteiger partial charge in [0.05, 0.1) is 39.1 Å². The number of morpholine rings is 1. The van der Waals surface area contributed by atoms with Gasteiger partial charge >= 0.3 is 0 Å². The summed E-state index contributed by atoms with van der Waals surface area (Å²) in [5.74, 6) is 0.254. The molecular weight excluding hydrogens is 467 g/mol. The molecule has 1 N–H and O–H groups in total. The summed E-state index contributed by atoms with van der Waals surface area (Å²) in [6, 6.07) is 11.8. The van der Waals surface area contributed by atoms with Gasteiger partial charge in [0.15, 0.2) is 0 Å². The lowest BCUT2D eigenvalue weighted by Crippen LogP contribution is -2.40. The number of nitrogens with zero attached hydrogens (tertiary/aromatic N) is 1. The molecule has 0 bridgehead atoms. The number of carbonyl (C=O) groups excluding carboxylic acids is 1. The second kappa shape index (κ2) is 10.3. The summed E-state index contributed by atoms with van der Waals surface area (Å²) in [5.41, 5.74) is 1.21. The molecule has 0 aliphatic carbocycles. The zero-order valence-corrected chi connectivity index (χ0v) is 19.5. The Bertz CT molecular complexity index is 991. The Morgan fingerprint density at radius 2 is 1.80 bits per heavy atom. The molecule has 162 valence electrons. The molecule has 1 saturated heterocycles. The Morgan fingerprint density at radius 1 is 1.17 bits per heavy atom. The summed E-state index contributed by atoms with van der Waals surface area (Å²) >= 11 is 13.6. The maximum atomic E-state index is 12.8. The predicted octanol–water partition coefficient (Wildman–Crippen LogP) is 4.27. The van der Waals surface area contributed by atoms with Crippen molar-refractivity contribution in [3.8, 4) is 0 Å². The van der Waals surface area contributed by atoms with E-state index in [1.54, 1.807) is 43.3 Å². The van der Waals surface area contributed by atoms with Gasteiger partial charge in [-0.05, 0) is 36.8 Å². The van der Waals surface area contributed by atoms with E-state index in [4.69, 9.17) is 27.9 Å². The van der Waals surface area contributed by atoms with E-state index in [1.807, 2.05) is 6.07 Å². The van der Waals surface area contributed by atoms with Gasteiger partial charge in [0, 0.05) is 18.8 Å². The van der Waals surface area contributed by atoms with Crippen LogP contribution in [0.15, 0.2) is 47.4 Å². The second-order valence-electron chi connectivity index (χ2n) is 6.70. The molecule has 1 aliphatic heterocycles. The van der Waals surface area contributed by atoms with Crippen LogP contribution in [0.25, 0.3) is 0 Å². The van der Waals surface area contributed by atoms with Crippen molar-refractivity contribution in [2.45, 2.75) is 22.8 Å². The molecule has 1 amide bonds. The smallest absolute Gasteiger partial charge is 0.243 e. The highest BCUT2D eigenvalue weighted by Crippen LogP contribution is 2.31. The first-order valence-electron chi connectivity index (χ1n) is 9.32. The molecule has 3 rings (SSSR count). The van der Waals surface area contributed by atoms with Crippen LogP contribution in [0.4, 0.5) is 5.69 Å². The molecule has 0 radical (unpaired) electrons. The number of amides is 1. The lowest BCUT2D eigenvalue weighted by molar-refractivity contribution is -0.115. The van der Waals surface area contributed by atoms with Gasteiger partial charge in [0.1, 0.15) is 0 Å². The Morgan fingerprint density at radius 3 is 2.47 bits per heavy atom. The van der Waals surface area contributed by atoms with Crippen LogP contribution < -0.4 is 5.32 Å². The summed E-state index contributed by atoms with van der Waals surface area (Å²) in [6.45, 7) is 3.28. The van der Waals surface area contributed by atoms with Crippen molar-refractivity contribution >= 4 is 56.6 Å². The SMILES string of the molecule is CC(SCc1cccc(S(=O)(=O)N2CCOCC2)c1)C(=O)Nc1c(Cl)cccc1Cl. The minimum Gasteiger partial charge on any atom is -0.379 e. The maximum absolute atomic E-state index is 12.8. The third-order valence-electron chi connectivity index (χ3n) is 4.59. The van der Waals surface area contributed by atoms with Crippen molar-refractivity contribution in [1.29, 1.82) is 0 Å². The minimum atomic E-state index is -3.55. The highest BCUT2D eigenvalue weighted by molar-refractivity contribution is 7.99. The lowest BCUT2D eigenvalue weighted by atomic mass is 10.2. The number of thioether (sulfide) groups is 1. The minimum absolute atomic E-state index is 0.230. The topological polar surface area (TPSA) is 75.7 Å². The average Bonchev–Trinajstić information content (AvgIpc) is 2.75. The average molecular weight is 489 g/mol. The van der Waals surface area contributed by atoms with Gasteiger partial charge in [-0.1, -0.05) is 41.4 Å². The second-order valence-corrected chi connectivity index (χ2v) is 10.8. The van der Waals surface area contributed by atoms with Gasteiger partial charge in [-0.15, -0.1) is 11.8 Å². The van der Waals surface area contributed by atoms with E-state index in [1.165, 1.54) is 16.1 Å². The highest BCUT2D eigenvalue weighted by atomic mass is 35.5. The van der Waals surface area contributed by atoms with Crippen LogP contribution in [0.3, 0.4) is 0 Å². The van der Waals surface area contributed by atoms with Crippen LogP contribution in [0, 0.1) is 0 Å². The van der Waals surface area contributed by atoms with Gasteiger partial charge in [0.25, 0.3) is 0 Å². The molecule has 1 unspecified atom stereocenters. The van der Waals surface area contributed by atoms with Gasteiger partial charge in [-0.2, -0.15) is 4.31 Å². The highest BCUT2D eigenvalue weighted by Gasteiger charge is 2.26. The van der Waals surface area contributed by atoms with Crippen molar-refractivity contribution in [1.82, 2.24) is 4.31 Å². The molecular formula is C20H22Cl2N2O4S2. The summed E-state index contributed by atoms with van der Waals surface area (Å²) in [5, 5.41) is 3.10. The van der Waals surface area contributed by atoms with Gasteiger partial charge in [0.2, 0.25) is 15.9 Å². The Kier molecular flexibility index (Phi) is 8.06. The van der Waals surface area contributed by atoms with Crippen LogP contribution in [-0.4, -0.2) is 50.2 Å².